The molecular weight excluding hydrogens is 310 g/mol. The Hall–Kier alpha value is -0.470. The average molecular weight is 340 g/mol. The molecule has 0 bridgehead atoms. The predicted octanol–water partition coefficient (Wildman–Crippen LogP) is 0.746. The van der Waals surface area contributed by atoms with Crippen molar-refractivity contribution in [2.45, 2.75) is 19.8 Å². The molecule has 0 amide bonds. The number of hydrogen-bond donors (Lipinski definition) is 2. The van der Waals surface area contributed by atoms with Gasteiger partial charge in [0.15, 0.2) is 5.96 Å². The highest BCUT2D eigenvalue weighted by Gasteiger charge is 2.01. The highest BCUT2D eigenvalue weighted by molar-refractivity contribution is 7.98. The van der Waals surface area contributed by atoms with Crippen molar-refractivity contribution < 1.29 is 13.2 Å². The van der Waals surface area contributed by atoms with E-state index in [1.807, 2.05) is 18.7 Å². The Morgan fingerprint density at radius 1 is 1.24 bits per heavy atom. The van der Waals surface area contributed by atoms with E-state index in [0.29, 0.717) is 13.2 Å². The number of aliphatic imine (C=N–C) groups is 1. The second kappa shape index (κ2) is 13.2. The lowest BCUT2D eigenvalue weighted by atomic mass is 10.3. The average Bonchev–Trinajstić information content (AvgIpc) is 2.41. The monoisotopic (exact) mass is 339 g/mol. The van der Waals surface area contributed by atoms with E-state index in [4.69, 9.17) is 4.74 Å². The number of guanidine groups is 1. The van der Waals surface area contributed by atoms with E-state index in [2.05, 4.69) is 21.9 Å². The molecule has 6 nitrogen and oxygen atoms in total. The van der Waals surface area contributed by atoms with Crippen LogP contribution in [0, 0.1) is 0 Å². The summed E-state index contributed by atoms with van der Waals surface area (Å²) in [4.78, 5) is 4.48. The van der Waals surface area contributed by atoms with Crippen LogP contribution in [0.2, 0.25) is 0 Å². The summed E-state index contributed by atoms with van der Waals surface area (Å²) < 4.78 is 27.1. The predicted molar refractivity (Wildman–Crippen MR) is 92.1 cm³/mol. The van der Waals surface area contributed by atoms with Gasteiger partial charge in [-0.05, 0) is 31.8 Å². The third-order valence-electron chi connectivity index (χ3n) is 2.51. The van der Waals surface area contributed by atoms with Gasteiger partial charge in [-0.1, -0.05) is 0 Å². The summed E-state index contributed by atoms with van der Waals surface area (Å²) >= 11 is 1.85. The van der Waals surface area contributed by atoms with Gasteiger partial charge in [-0.2, -0.15) is 11.8 Å². The number of sulfone groups is 1. The van der Waals surface area contributed by atoms with Crippen molar-refractivity contribution in [2.24, 2.45) is 4.99 Å². The first-order valence-electron chi connectivity index (χ1n) is 7.26. The maximum Gasteiger partial charge on any atom is 0.191 e. The first-order valence-corrected chi connectivity index (χ1v) is 10.7. The first kappa shape index (κ1) is 20.5. The van der Waals surface area contributed by atoms with Crippen LogP contribution in [0.25, 0.3) is 0 Å². The molecule has 0 fully saturated rings. The molecule has 21 heavy (non-hydrogen) atoms. The number of rotatable bonds is 12. The Morgan fingerprint density at radius 2 is 2.00 bits per heavy atom. The third-order valence-corrected chi connectivity index (χ3v) is 4.11. The molecule has 0 unspecified atom stereocenters. The largest absolute Gasteiger partial charge is 0.379 e. The lowest BCUT2D eigenvalue weighted by Gasteiger charge is -2.11. The molecule has 0 rings (SSSR count). The van der Waals surface area contributed by atoms with Crippen LogP contribution in [-0.4, -0.2) is 71.2 Å². The first-order chi connectivity index (χ1) is 9.99. The molecule has 0 atom stereocenters. The van der Waals surface area contributed by atoms with Gasteiger partial charge in [0.2, 0.25) is 0 Å². The minimum absolute atomic E-state index is 0.0661. The van der Waals surface area contributed by atoms with Crippen molar-refractivity contribution >= 4 is 27.6 Å². The fourth-order valence-corrected chi connectivity index (χ4v) is 2.36. The number of nitrogens with one attached hydrogen (secondary N) is 2. The molecule has 0 aromatic carbocycles. The van der Waals surface area contributed by atoms with Crippen LogP contribution in [0.5, 0.6) is 0 Å². The summed E-state index contributed by atoms with van der Waals surface area (Å²) in [7, 11) is -2.94. The zero-order chi connectivity index (χ0) is 16.0. The van der Waals surface area contributed by atoms with Crippen molar-refractivity contribution in [1.82, 2.24) is 10.6 Å². The summed E-state index contributed by atoms with van der Waals surface area (Å²) in [5.74, 6) is 2.03. The van der Waals surface area contributed by atoms with Crippen LogP contribution >= 0.6 is 11.8 Å². The van der Waals surface area contributed by atoms with Crippen LogP contribution in [0.1, 0.15) is 19.8 Å². The van der Waals surface area contributed by atoms with E-state index in [0.717, 1.165) is 25.5 Å². The van der Waals surface area contributed by atoms with Crippen molar-refractivity contribution in [3.8, 4) is 0 Å². The van der Waals surface area contributed by atoms with Gasteiger partial charge in [0.1, 0.15) is 9.84 Å². The molecule has 0 aromatic heterocycles. The number of ether oxygens (including phenoxy) is 1. The quantitative estimate of drug-likeness (QED) is 0.310. The molecule has 0 saturated heterocycles. The molecule has 2 N–H and O–H groups in total. The Labute approximate surface area is 133 Å². The summed E-state index contributed by atoms with van der Waals surface area (Å²) in [6.07, 6.45) is 5.58. The van der Waals surface area contributed by atoms with E-state index in [-0.39, 0.29) is 12.4 Å². The molecule has 126 valence electrons. The highest BCUT2D eigenvalue weighted by atomic mass is 32.2. The fourth-order valence-electron chi connectivity index (χ4n) is 1.44. The summed E-state index contributed by atoms with van der Waals surface area (Å²) in [6, 6.07) is 0. The lowest BCUT2D eigenvalue weighted by molar-refractivity contribution is 0.154. The van der Waals surface area contributed by atoms with Gasteiger partial charge < -0.3 is 15.4 Å². The van der Waals surface area contributed by atoms with E-state index in [1.54, 1.807) is 0 Å². The van der Waals surface area contributed by atoms with Crippen molar-refractivity contribution in [1.29, 1.82) is 0 Å². The summed E-state index contributed by atoms with van der Waals surface area (Å²) in [5.41, 5.74) is 0. The fraction of sp³-hybridized carbons (Fsp3) is 0.923. The topological polar surface area (TPSA) is 79.8 Å². The zero-order valence-corrected chi connectivity index (χ0v) is 15.0. The molecule has 0 radical (unpaired) electrons. The standard InChI is InChI=1S/C13H29N3O3S2/c1-4-14-13(15-7-5-6-11-20-2)16-8-9-19-10-12-21(3,17)18/h4-12H2,1-3H3,(H2,14,15,16). The van der Waals surface area contributed by atoms with Gasteiger partial charge in [0.05, 0.1) is 19.0 Å². The van der Waals surface area contributed by atoms with E-state index >= 15 is 0 Å². The van der Waals surface area contributed by atoms with Gasteiger partial charge in [0, 0.05) is 25.9 Å². The van der Waals surface area contributed by atoms with Crippen molar-refractivity contribution in [3.05, 3.63) is 0 Å². The maximum absolute atomic E-state index is 10.9. The van der Waals surface area contributed by atoms with Gasteiger partial charge in [-0.15, -0.1) is 0 Å². The van der Waals surface area contributed by atoms with E-state index in [9.17, 15) is 8.42 Å². The molecule has 0 aromatic rings. The normalized spacial score (nSPS) is 12.4. The minimum Gasteiger partial charge on any atom is -0.379 e. The van der Waals surface area contributed by atoms with Gasteiger partial charge in [-0.3, -0.25) is 4.99 Å². The molecular formula is C13H29N3O3S2. The second-order valence-corrected chi connectivity index (χ2v) is 7.87. The Bertz CT molecular complexity index is 373. The zero-order valence-electron chi connectivity index (χ0n) is 13.4. The van der Waals surface area contributed by atoms with Crippen molar-refractivity contribution in [3.63, 3.8) is 0 Å². The Kier molecular flexibility index (Phi) is 12.9. The van der Waals surface area contributed by atoms with Crippen LogP contribution in [0.3, 0.4) is 0 Å². The Morgan fingerprint density at radius 3 is 2.62 bits per heavy atom. The molecule has 0 spiro atoms. The molecule has 0 aliphatic heterocycles. The third kappa shape index (κ3) is 15.7. The SMILES string of the molecule is CCNC(=NCCCCSC)NCCOCCS(C)(=O)=O. The number of nitrogens with zero attached hydrogens (tertiary/aromatic N) is 1. The lowest BCUT2D eigenvalue weighted by Crippen LogP contribution is -2.39. The minimum atomic E-state index is -2.94. The van der Waals surface area contributed by atoms with Crippen LogP contribution in [0.4, 0.5) is 0 Å². The van der Waals surface area contributed by atoms with Crippen molar-refractivity contribution in [2.75, 3.05) is 56.9 Å². The van der Waals surface area contributed by atoms with Crippen LogP contribution in [-0.2, 0) is 14.6 Å². The molecule has 0 aliphatic carbocycles. The molecule has 8 heteroatoms. The second-order valence-electron chi connectivity index (χ2n) is 4.63. The molecule has 0 heterocycles. The van der Waals surface area contributed by atoms with Gasteiger partial charge in [0.25, 0.3) is 0 Å². The highest BCUT2D eigenvalue weighted by Crippen LogP contribution is 1.98. The summed E-state index contributed by atoms with van der Waals surface area (Å²) in [5, 5.41) is 6.34. The number of unbranched alkanes of at least 4 members (excludes halogenated alkanes) is 1. The number of hydrogen-bond acceptors (Lipinski definition) is 5. The van der Waals surface area contributed by atoms with Gasteiger partial charge in [-0.25, -0.2) is 8.42 Å². The Balaban J connectivity index is 3.75. The van der Waals surface area contributed by atoms with Gasteiger partial charge >= 0.3 is 0 Å². The van der Waals surface area contributed by atoms with E-state index in [1.165, 1.54) is 18.4 Å². The van der Waals surface area contributed by atoms with Crippen LogP contribution in [0.15, 0.2) is 4.99 Å². The number of thioether (sulfide) groups is 1. The molecule has 0 aliphatic rings. The summed E-state index contributed by atoms with van der Waals surface area (Å²) in [6.45, 7) is 4.96. The van der Waals surface area contributed by atoms with E-state index < -0.39 is 9.84 Å². The molecule has 0 saturated carbocycles. The van der Waals surface area contributed by atoms with Crippen LogP contribution < -0.4 is 10.6 Å². The smallest absolute Gasteiger partial charge is 0.191 e. The maximum atomic E-state index is 10.9.